The number of hydrogen-bond acceptors (Lipinski definition) is 5. The van der Waals surface area contributed by atoms with E-state index < -0.39 is 36.1 Å². The summed E-state index contributed by atoms with van der Waals surface area (Å²) in [5.74, 6) is -1.86. The quantitative estimate of drug-likeness (QED) is 0.352. The zero-order valence-corrected chi connectivity index (χ0v) is 19.2. The molecule has 184 valence electrons. The van der Waals surface area contributed by atoms with E-state index >= 15 is 0 Å². The van der Waals surface area contributed by atoms with Gasteiger partial charge in [-0.1, -0.05) is 48.5 Å². The van der Waals surface area contributed by atoms with Gasteiger partial charge in [0.15, 0.2) is 5.76 Å². The van der Waals surface area contributed by atoms with E-state index in [1.165, 1.54) is 41.7 Å². The van der Waals surface area contributed by atoms with Crippen molar-refractivity contribution in [3.05, 3.63) is 120 Å². The Kier molecular flexibility index (Phi) is 7.92. The molecule has 0 aliphatic carbocycles. The predicted octanol–water partition coefficient (Wildman–Crippen LogP) is 3.83. The monoisotopic (exact) mass is 489 g/mol. The van der Waals surface area contributed by atoms with Crippen LogP contribution in [0.2, 0.25) is 0 Å². The molecule has 0 radical (unpaired) electrons. The normalized spacial score (nSPS) is 11.5. The topological polar surface area (TPSA) is 105 Å². The largest absolute Gasteiger partial charge is 0.467 e. The van der Waals surface area contributed by atoms with Crippen molar-refractivity contribution in [1.82, 2.24) is 15.5 Å². The Hall–Kier alpha value is -4.66. The Balaban J connectivity index is 1.63. The zero-order valence-electron chi connectivity index (χ0n) is 19.2. The van der Waals surface area contributed by atoms with Crippen LogP contribution < -0.4 is 10.6 Å². The smallest absolute Gasteiger partial charge is 0.287 e. The number of carbonyl (C=O) groups excluding carboxylic acids is 3. The van der Waals surface area contributed by atoms with Crippen LogP contribution in [0.4, 0.5) is 4.39 Å². The lowest BCUT2D eigenvalue weighted by Crippen LogP contribution is -2.47. The molecule has 0 spiro atoms. The van der Waals surface area contributed by atoms with Crippen molar-refractivity contribution in [3.63, 3.8) is 0 Å². The fourth-order valence-corrected chi connectivity index (χ4v) is 3.69. The highest BCUT2D eigenvalue weighted by atomic mass is 19.1. The van der Waals surface area contributed by atoms with Crippen molar-refractivity contribution in [2.75, 3.05) is 6.54 Å². The van der Waals surface area contributed by atoms with E-state index in [1.807, 2.05) is 6.07 Å². The van der Waals surface area contributed by atoms with Crippen molar-refractivity contribution in [2.45, 2.75) is 19.1 Å². The van der Waals surface area contributed by atoms with Crippen LogP contribution in [0.3, 0.4) is 0 Å². The molecule has 8 nitrogen and oxygen atoms in total. The standard InChI is InChI=1S/C27H24FN3O5/c28-22-12-5-4-11-21(22)25(27(34)29-16-20-10-6-14-35-20)31(18-19-8-2-1-3-9-19)24(32)17-30-26(33)23-13-7-15-36-23/h1-15,25H,16-18H2,(H,29,34)(H,30,33)/t25-/m0/s1. The van der Waals surface area contributed by atoms with E-state index in [4.69, 9.17) is 8.83 Å². The molecule has 2 aromatic heterocycles. The van der Waals surface area contributed by atoms with E-state index in [1.54, 1.807) is 48.5 Å². The number of furan rings is 2. The number of hydrogen-bond donors (Lipinski definition) is 2. The van der Waals surface area contributed by atoms with Crippen LogP contribution in [0.25, 0.3) is 0 Å². The van der Waals surface area contributed by atoms with Crippen molar-refractivity contribution >= 4 is 17.7 Å². The second kappa shape index (κ2) is 11.7. The number of amides is 3. The molecule has 1 atom stereocenters. The van der Waals surface area contributed by atoms with Gasteiger partial charge < -0.3 is 24.4 Å². The van der Waals surface area contributed by atoms with Gasteiger partial charge in [0, 0.05) is 12.1 Å². The van der Waals surface area contributed by atoms with Crippen molar-refractivity contribution in [1.29, 1.82) is 0 Å². The highest BCUT2D eigenvalue weighted by Gasteiger charge is 2.33. The summed E-state index contributed by atoms with van der Waals surface area (Å²) in [5, 5.41) is 5.22. The maximum absolute atomic E-state index is 15.0. The lowest BCUT2D eigenvalue weighted by Gasteiger charge is -2.31. The SMILES string of the molecule is O=C(NCC(=O)N(Cc1ccccc1)[C@H](C(=O)NCc1ccco1)c1ccccc1F)c1ccco1. The number of halogens is 1. The molecular formula is C27H24FN3O5. The van der Waals surface area contributed by atoms with Gasteiger partial charge in [-0.3, -0.25) is 14.4 Å². The van der Waals surface area contributed by atoms with Crippen molar-refractivity contribution in [3.8, 4) is 0 Å². The average molecular weight is 490 g/mol. The van der Waals surface area contributed by atoms with Crippen LogP contribution in [0.15, 0.2) is 100 Å². The highest BCUT2D eigenvalue weighted by Crippen LogP contribution is 2.26. The molecule has 4 rings (SSSR count). The number of nitrogens with zero attached hydrogens (tertiary/aromatic N) is 1. The molecule has 2 N–H and O–H groups in total. The number of carbonyl (C=O) groups is 3. The van der Waals surface area contributed by atoms with Crippen LogP contribution in [0, 0.1) is 5.82 Å². The molecule has 0 aliphatic heterocycles. The van der Waals surface area contributed by atoms with Crippen LogP contribution in [0.1, 0.15) is 33.5 Å². The maximum Gasteiger partial charge on any atom is 0.287 e. The van der Waals surface area contributed by atoms with E-state index in [2.05, 4.69) is 10.6 Å². The van der Waals surface area contributed by atoms with E-state index in [0.717, 1.165) is 5.56 Å². The summed E-state index contributed by atoms with van der Waals surface area (Å²) in [6, 6.07) is 19.9. The summed E-state index contributed by atoms with van der Waals surface area (Å²) in [6.45, 7) is -0.369. The second-order valence-electron chi connectivity index (χ2n) is 7.89. The number of benzene rings is 2. The Labute approximate surface area is 206 Å². The van der Waals surface area contributed by atoms with Gasteiger partial charge in [0.2, 0.25) is 11.8 Å². The van der Waals surface area contributed by atoms with Gasteiger partial charge in [0.1, 0.15) is 17.6 Å². The minimum absolute atomic E-state index is 0.00344. The second-order valence-corrected chi connectivity index (χ2v) is 7.89. The molecule has 0 unspecified atom stereocenters. The summed E-state index contributed by atoms with van der Waals surface area (Å²) >= 11 is 0. The van der Waals surface area contributed by atoms with Crippen molar-refractivity contribution in [2.24, 2.45) is 0 Å². The fourth-order valence-electron chi connectivity index (χ4n) is 3.69. The van der Waals surface area contributed by atoms with E-state index in [-0.39, 0.29) is 24.4 Å². The van der Waals surface area contributed by atoms with Gasteiger partial charge in [-0.05, 0) is 35.9 Å². The third-order valence-electron chi connectivity index (χ3n) is 5.44. The van der Waals surface area contributed by atoms with Gasteiger partial charge in [0.05, 0.1) is 25.6 Å². The molecule has 0 saturated carbocycles. The fraction of sp³-hybridized carbons (Fsp3) is 0.148. The van der Waals surface area contributed by atoms with Crippen LogP contribution >= 0.6 is 0 Å². The molecular weight excluding hydrogens is 465 g/mol. The first-order valence-electron chi connectivity index (χ1n) is 11.2. The van der Waals surface area contributed by atoms with Crippen LogP contribution in [-0.4, -0.2) is 29.2 Å². The highest BCUT2D eigenvalue weighted by molar-refractivity contribution is 5.95. The molecule has 0 bridgehead atoms. The van der Waals surface area contributed by atoms with Gasteiger partial charge in [-0.15, -0.1) is 0 Å². The summed E-state index contributed by atoms with van der Waals surface area (Å²) in [5.41, 5.74) is 0.750. The predicted molar refractivity (Wildman–Crippen MR) is 128 cm³/mol. The molecule has 0 aliphatic rings. The van der Waals surface area contributed by atoms with E-state index in [9.17, 15) is 18.8 Å². The Morgan fingerprint density at radius 1 is 0.833 bits per heavy atom. The summed E-state index contributed by atoms with van der Waals surface area (Å²) < 4.78 is 25.3. The molecule has 0 saturated heterocycles. The van der Waals surface area contributed by atoms with Gasteiger partial charge >= 0.3 is 0 Å². The Morgan fingerprint density at radius 3 is 2.25 bits per heavy atom. The van der Waals surface area contributed by atoms with Crippen molar-refractivity contribution < 1.29 is 27.6 Å². The van der Waals surface area contributed by atoms with Gasteiger partial charge in [0.25, 0.3) is 5.91 Å². The summed E-state index contributed by atoms with van der Waals surface area (Å²) in [4.78, 5) is 40.5. The third kappa shape index (κ3) is 6.06. The molecule has 9 heteroatoms. The lowest BCUT2D eigenvalue weighted by molar-refractivity contribution is -0.141. The number of rotatable bonds is 10. The molecule has 0 fully saturated rings. The minimum Gasteiger partial charge on any atom is -0.467 e. The zero-order chi connectivity index (χ0) is 25.3. The van der Waals surface area contributed by atoms with Crippen LogP contribution in [-0.2, 0) is 22.7 Å². The first kappa shape index (κ1) is 24.5. The molecule has 36 heavy (non-hydrogen) atoms. The Morgan fingerprint density at radius 2 is 1.56 bits per heavy atom. The average Bonchev–Trinajstić information content (AvgIpc) is 3.62. The first-order chi connectivity index (χ1) is 17.5. The molecule has 2 aromatic carbocycles. The minimum atomic E-state index is -1.31. The maximum atomic E-state index is 15.0. The molecule has 2 heterocycles. The Bertz CT molecular complexity index is 1290. The molecule has 3 amide bonds. The number of nitrogens with one attached hydrogen (secondary N) is 2. The van der Waals surface area contributed by atoms with Crippen LogP contribution in [0.5, 0.6) is 0 Å². The third-order valence-corrected chi connectivity index (χ3v) is 5.44. The first-order valence-corrected chi connectivity index (χ1v) is 11.2. The van der Waals surface area contributed by atoms with E-state index in [0.29, 0.717) is 5.76 Å². The summed E-state index contributed by atoms with van der Waals surface area (Å²) in [7, 11) is 0. The van der Waals surface area contributed by atoms with Gasteiger partial charge in [-0.2, -0.15) is 0 Å². The van der Waals surface area contributed by atoms with Gasteiger partial charge in [-0.25, -0.2) is 4.39 Å². The lowest BCUT2D eigenvalue weighted by atomic mass is 10.0. The molecule has 4 aromatic rings. The summed E-state index contributed by atoms with van der Waals surface area (Å²) in [6.07, 6.45) is 2.82.